The standard InChI is InChI=1S/C15H14ClFO3S/c1-2-4-10-7-12(14(21-10)15(18)19)20-8-9-5-3-6-11(17)13(9)16/h3,5-7H,2,4,8H2,1H3,(H,18,19). The van der Waals surface area contributed by atoms with E-state index in [1.807, 2.05) is 6.92 Å². The van der Waals surface area contributed by atoms with Crippen LogP contribution < -0.4 is 4.74 Å². The van der Waals surface area contributed by atoms with Gasteiger partial charge < -0.3 is 9.84 Å². The lowest BCUT2D eigenvalue weighted by atomic mass is 10.2. The highest BCUT2D eigenvalue weighted by Crippen LogP contribution is 2.31. The Balaban J connectivity index is 2.19. The highest BCUT2D eigenvalue weighted by Gasteiger charge is 2.17. The van der Waals surface area contributed by atoms with Gasteiger partial charge in [-0.05, 0) is 18.6 Å². The number of carboxylic acid groups (broad SMARTS) is 1. The molecule has 0 radical (unpaired) electrons. The molecule has 2 aromatic rings. The van der Waals surface area contributed by atoms with Crippen LogP contribution in [-0.2, 0) is 13.0 Å². The Hall–Kier alpha value is -1.59. The topological polar surface area (TPSA) is 46.5 Å². The van der Waals surface area contributed by atoms with Crippen LogP contribution in [0.15, 0.2) is 24.3 Å². The Kier molecular flexibility index (Phi) is 5.20. The molecule has 112 valence electrons. The van der Waals surface area contributed by atoms with Gasteiger partial charge in [-0.2, -0.15) is 0 Å². The molecule has 0 unspecified atom stereocenters. The summed E-state index contributed by atoms with van der Waals surface area (Å²) in [5, 5.41) is 9.19. The average molecular weight is 329 g/mol. The maximum Gasteiger partial charge on any atom is 0.349 e. The molecule has 0 aliphatic heterocycles. The first-order valence-electron chi connectivity index (χ1n) is 6.44. The predicted octanol–water partition coefficient (Wildman–Crippen LogP) is 4.77. The van der Waals surface area contributed by atoms with Gasteiger partial charge in [0.2, 0.25) is 0 Å². The second-order valence-electron chi connectivity index (χ2n) is 4.46. The van der Waals surface area contributed by atoms with Crippen molar-refractivity contribution < 1.29 is 19.0 Å². The average Bonchev–Trinajstić information content (AvgIpc) is 2.84. The van der Waals surface area contributed by atoms with E-state index in [0.717, 1.165) is 17.7 Å². The molecule has 0 saturated heterocycles. The largest absolute Gasteiger partial charge is 0.487 e. The number of hydrogen-bond acceptors (Lipinski definition) is 3. The van der Waals surface area contributed by atoms with Crippen molar-refractivity contribution in [2.75, 3.05) is 0 Å². The quantitative estimate of drug-likeness (QED) is 0.830. The molecule has 0 spiro atoms. The number of rotatable bonds is 6. The summed E-state index contributed by atoms with van der Waals surface area (Å²) in [5.74, 6) is -1.24. The SMILES string of the molecule is CCCc1cc(OCc2cccc(F)c2Cl)c(C(=O)O)s1. The molecule has 0 atom stereocenters. The van der Waals surface area contributed by atoms with Crippen LogP contribution in [0.25, 0.3) is 0 Å². The summed E-state index contributed by atoms with van der Waals surface area (Å²) < 4.78 is 18.9. The molecule has 0 bridgehead atoms. The molecule has 6 heteroatoms. The van der Waals surface area contributed by atoms with Gasteiger partial charge in [-0.1, -0.05) is 37.1 Å². The van der Waals surface area contributed by atoms with Gasteiger partial charge in [-0.15, -0.1) is 11.3 Å². The third-order valence-electron chi connectivity index (χ3n) is 2.85. The second-order valence-corrected chi connectivity index (χ2v) is 5.98. The van der Waals surface area contributed by atoms with Crippen molar-refractivity contribution in [3.05, 3.63) is 50.4 Å². The Bertz CT molecular complexity index is 654. The Morgan fingerprint density at radius 3 is 2.90 bits per heavy atom. The zero-order valence-corrected chi connectivity index (χ0v) is 12.9. The summed E-state index contributed by atoms with van der Waals surface area (Å²) in [5.41, 5.74) is 0.483. The fourth-order valence-corrected chi connectivity index (χ4v) is 3.08. The lowest BCUT2D eigenvalue weighted by Gasteiger charge is -2.07. The van der Waals surface area contributed by atoms with Crippen LogP contribution in [0.4, 0.5) is 4.39 Å². The molecule has 0 fully saturated rings. The molecule has 2 rings (SSSR count). The summed E-state index contributed by atoms with van der Waals surface area (Å²) in [6.07, 6.45) is 1.73. The molecule has 0 aliphatic carbocycles. The van der Waals surface area contributed by atoms with E-state index in [1.54, 1.807) is 12.1 Å². The molecule has 1 N–H and O–H groups in total. The maximum atomic E-state index is 13.3. The van der Waals surface area contributed by atoms with Gasteiger partial charge in [0.15, 0.2) is 4.88 Å². The lowest BCUT2D eigenvalue weighted by molar-refractivity contribution is 0.0697. The lowest BCUT2D eigenvalue weighted by Crippen LogP contribution is -2.01. The van der Waals surface area contributed by atoms with E-state index >= 15 is 0 Å². The van der Waals surface area contributed by atoms with E-state index < -0.39 is 11.8 Å². The minimum absolute atomic E-state index is 0.00149. The van der Waals surface area contributed by atoms with Gasteiger partial charge in [-0.3, -0.25) is 0 Å². The summed E-state index contributed by atoms with van der Waals surface area (Å²) in [6.45, 7) is 2.05. The molecule has 0 aliphatic rings. The number of carboxylic acids is 1. The van der Waals surface area contributed by atoms with Crippen LogP contribution in [0.2, 0.25) is 5.02 Å². The van der Waals surface area contributed by atoms with Gasteiger partial charge in [-0.25, -0.2) is 9.18 Å². The molecule has 0 saturated carbocycles. The van der Waals surface area contributed by atoms with Crippen molar-refractivity contribution >= 4 is 28.9 Å². The number of hydrogen-bond donors (Lipinski definition) is 1. The van der Waals surface area contributed by atoms with E-state index in [4.69, 9.17) is 16.3 Å². The van der Waals surface area contributed by atoms with E-state index in [9.17, 15) is 14.3 Å². The Morgan fingerprint density at radius 2 is 2.24 bits per heavy atom. The molecule has 0 amide bonds. The van der Waals surface area contributed by atoms with Gasteiger partial charge in [0.1, 0.15) is 18.2 Å². The van der Waals surface area contributed by atoms with Gasteiger partial charge >= 0.3 is 5.97 Å². The highest BCUT2D eigenvalue weighted by molar-refractivity contribution is 7.14. The van der Waals surface area contributed by atoms with Crippen LogP contribution in [0, 0.1) is 5.82 Å². The van der Waals surface area contributed by atoms with Gasteiger partial charge in [0.25, 0.3) is 0 Å². The highest BCUT2D eigenvalue weighted by atomic mass is 35.5. The number of aromatic carboxylic acids is 1. The number of thiophene rings is 1. The van der Waals surface area contributed by atoms with Crippen molar-refractivity contribution in [2.24, 2.45) is 0 Å². The number of aryl methyl sites for hydroxylation is 1. The third-order valence-corrected chi connectivity index (χ3v) is 4.44. The number of benzene rings is 1. The van der Waals surface area contributed by atoms with Crippen LogP contribution >= 0.6 is 22.9 Å². The molecule has 21 heavy (non-hydrogen) atoms. The van der Waals surface area contributed by atoms with Crippen LogP contribution in [0.3, 0.4) is 0 Å². The number of ether oxygens (including phenoxy) is 1. The smallest absolute Gasteiger partial charge is 0.349 e. The zero-order valence-electron chi connectivity index (χ0n) is 11.4. The maximum absolute atomic E-state index is 13.3. The minimum atomic E-state index is -1.03. The van der Waals surface area contributed by atoms with Crippen LogP contribution in [0.1, 0.15) is 33.5 Å². The third kappa shape index (κ3) is 3.74. The molecular weight excluding hydrogens is 315 g/mol. The summed E-state index contributed by atoms with van der Waals surface area (Å²) in [7, 11) is 0. The van der Waals surface area contributed by atoms with Crippen molar-refractivity contribution in [1.29, 1.82) is 0 Å². The minimum Gasteiger partial charge on any atom is -0.487 e. The molecule has 3 nitrogen and oxygen atoms in total. The van der Waals surface area contributed by atoms with Gasteiger partial charge in [0, 0.05) is 10.4 Å². The summed E-state index contributed by atoms with van der Waals surface area (Å²) in [4.78, 5) is 12.3. The fraction of sp³-hybridized carbons (Fsp3) is 0.267. The second kappa shape index (κ2) is 6.91. The first kappa shape index (κ1) is 15.8. The van der Waals surface area contributed by atoms with E-state index in [-0.39, 0.29) is 16.5 Å². The summed E-state index contributed by atoms with van der Waals surface area (Å²) >= 11 is 7.05. The zero-order chi connectivity index (χ0) is 15.4. The molecular formula is C15H14ClFO3S. The van der Waals surface area contributed by atoms with Gasteiger partial charge in [0.05, 0.1) is 5.02 Å². The molecule has 1 aromatic carbocycles. The van der Waals surface area contributed by atoms with E-state index in [0.29, 0.717) is 11.3 Å². The van der Waals surface area contributed by atoms with E-state index in [1.165, 1.54) is 23.5 Å². The molecule has 1 heterocycles. The molecule has 1 aromatic heterocycles. The van der Waals surface area contributed by atoms with Crippen molar-refractivity contribution in [2.45, 2.75) is 26.4 Å². The van der Waals surface area contributed by atoms with E-state index in [2.05, 4.69) is 0 Å². The Labute approximate surface area is 130 Å². The van der Waals surface area contributed by atoms with Crippen molar-refractivity contribution in [1.82, 2.24) is 0 Å². The predicted molar refractivity (Wildman–Crippen MR) is 81.0 cm³/mol. The number of carbonyl (C=O) groups is 1. The first-order chi connectivity index (χ1) is 10.0. The van der Waals surface area contributed by atoms with Crippen molar-refractivity contribution in [3.8, 4) is 5.75 Å². The normalized spacial score (nSPS) is 10.6. The first-order valence-corrected chi connectivity index (χ1v) is 7.64. The van der Waals surface area contributed by atoms with Crippen LogP contribution in [-0.4, -0.2) is 11.1 Å². The monoisotopic (exact) mass is 328 g/mol. The number of halogens is 2. The summed E-state index contributed by atoms with van der Waals surface area (Å²) in [6, 6.07) is 6.17. The van der Waals surface area contributed by atoms with Crippen molar-refractivity contribution in [3.63, 3.8) is 0 Å². The fourth-order valence-electron chi connectivity index (χ4n) is 1.86. The van der Waals surface area contributed by atoms with Crippen LogP contribution in [0.5, 0.6) is 5.75 Å². The Morgan fingerprint density at radius 1 is 1.48 bits per heavy atom.